The number of non-ortho nitro benzene ring substituents is 1. The minimum atomic E-state index is -0.634. The van der Waals surface area contributed by atoms with Crippen molar-refractivity contribution in [2.75, 3.05) is 5.32 Å². The Bertz CT molecular complexity index is 662. The Labute approximate surface area is 123 Å². The van der Waals surface area contributed by atoms with Crippen LogP contribution in [0.25, 0.3) is 0 Å². The van der Waals surface area contributed by atoms with Crippen LogP contribution in [0.3, 0.4) is 0 Å². The molecule has 0 spiro atoms. The van der Waals surface area contributed by atoms with Crippen LogP contribution >= 0.6 is 15.9 Å². The largest absolute Gasteiger partial charge is 0.379 e. The van der Waals surface area contributed by atoms with E-state index in [2.05, 4.69) is 21.2 Å². The van der Waals surface area contributed by atoms with Crippen molar-refractivity contribution in [2.45, 2.75) is 13.5 Å². The molecule has 0 saturated heterocycles. The van der Waals surface area contributed by atoms with Gasteiger partial charge in [0.05, 0.1) is 16.7 Å². The van der Waals surface area contributed by atoms with E-state index in [1.54, 1.807) is 0 Å². The second kappa shape index (κ2) is 6.00. The fourth-order valence-electron chi connectivity index (χ4n) is 1.70. The van der Waals surface area contributed by atoms with Crippen molar-refractivity contribution in [1.29, 1.82) is 0 Å². The number of benzene rings is 2. The van der Waals surface area contributed by atoms with Gasteiger partial charge >= 0.3 is 0 Å². The molecular weight excluding hydrogens is 327 g/mol. The minimum Gasteiger partial charge on any atom is -0.379 e. The first kappa shape index (κ1) is 14.5. The predicted molar refractivity (Wildman–Crippen MR) is 79.3 cm³/mol. The maximum Gasteiger partial charge on any atom is 0.272 e. The summed E-state index contributed by atoms with van der Waals surface area (Å²) in [6.07, 6.45) is 0. The Hall–Kier alpha value is -1.95. The van der Waals surface area contributed by atoms with Gasteiger partial charge in [-0.3, -0.25) is 10.1 Å². The molecule has 0 fully saturated rings. The number of nitrogens with zero attached hydrogens (tertiary/aromatic N) is 1. The highest BCUT2D eigenvalue weighted by Crippen LogP contribution is 2.22. The van der Waals surface area contributed by atoms with E-state index in [0.717, 1.165) is 21.7 Å². The summed E-state index contributed by atoms with van der Waals surface area (Å²) in [5, 5.41) is 13.5. The van der Waals surface area contributed by atoms with E-state index in [1.807, 2.05) is 25.1 Å². The molecule has 0 heterocycles. The second-order valence-electron chi connectivity index (χ2n) is 4.36. The van der Waals surface area contributed by atoms with Crippen molar-refractivity contribution in [3.8, 4) is 0 Å². The van der Waals surface area contributed by atoms with Gasteiger partial charge in [0.1, 0.15) is 0 Å². The summed E-state index contributed by atoms with van der Waals surface area (Å²) in [5.74, 6) is -0.634. The lowest BCUT2D eigenvalue weighted by atomic mass is 10.1. The third-order valence-electron chi connectivity index (χ3n) is 2.88. The van der Waals surface area contributed by atoms with Gasteiger partial charge in [0.15, 0.2) is 5.82 Å². The van der Waals surface area contributed by atoms with E-state index in [0.29, 0.717) is 6.54 Å². The third-order valence-corrected chi connectivity index (χ3v) is 3.74. The van der Waals surface area contributed by atoms with Gasteiger partial charge in [-0.15, -0.1) is 0 Å². The van der Waals surface area contributed by atoms with E-state index in [-0.39, 0.29) is 11.4 Å². The van der Waals surface area contributed by atoms with Gasteiger partial charge in [-0.05, 0) is 30.2 Å². The Kier molecular flexibility index (Phi) is 4.34. The summed E-state index contributed by atoms with van der Waals surface area (Å²) in [5.41, 5.74) is 2.09. The minimum absolute atomic E-state index is 0.243. The molecule has 2 aromatic rings. The number of hydrogen-bond donors (Lipinski definition) is 1. The molecule has 6 heteroatoms. The molecule has 0 aliphatic rings. The predicted octanol–water partition coefficient (Wildman–Crippen LogP) is 4.42. The molecule has 4 nitrogen and oxygen atoms in total. The SMILES string of the molecule is Cc1ccc(CNc2ccc([N+](=O)[O-])cc2F)cc1Br. The van der Waals surface area contributed by atoms with Gasteiger partial charge in [-0.1, -0.05) is 28.1 Å². The summed E-state index contributed by atoms with van der Waals surface area (Å²) >= 11 is 3.44. The van der Waals surface area contributed by atoms with Gasteiger partial charge in [0, 0.05) is 17.1 Å². The number of nitro benzene ring substituents is 1. The maximum absolute atomic E-state index is 13.7. The topological polar surface area (TPSA) is 55.2 Å². The molecule has 0 atom stereocenters. The molecule has 0 saturated carbocycles. The summed E-state index contributed by atoms with van der Waals surface area (Å²) in [6, 6.07) is 9.41. The first-order valence-electron chi connectivity index (χ1n) is 5.90. The Morgan fingerprint density at radius 2 is 2.05 bits per heavy atom. The highest BCUT2D eigenvalue weighted by Gasteiger charge is 2.10. The number of hydrogen-bond acceptors (Lipinski definition) is 3. The van der Waals surface area contributed by atoms with Crippen LogP contribution < -0.4 is 5.32 Å². The fourth-order valence-corrected chi connectivity index (χ4v) is 2.13. The standard InChI is InChI=1S/C14H12BrFN2O2/c1-9-2-3-10(6-12(9)15)8-17-14-5-4-11(18(19)20)7-13(14)16/h2-7,17H,8H2,1H3. The number of nitro groups is 1. The summed E-state index contributed by atoms with van der Waals surface area (Å²) < 4.78 is 14.7. The Balaban J connectivity index is 2.10. The maximum atomic E-state index is 13.7. The lowest BCUT2D eigenvalue weighted by molar-refractivity contribution is -0.385. The van der Waals surface area contributed by atoms with E-state index in [9.17, 15) is 14.5 Å². The van der Waals surface area contributed by atoms with Crippen LogP contribution in [0.15, 0.2) is 40.9 Å². The van der Waals surface area contributed by atoms with Crippen molar-refractivity contribution in [1.82, 2.24) is 0 Å². The third kappa shape index (κ3) is 3.33. The number of rotatable bonds is 4. The average molecular weight is 339 g/mol. The molecule has 1 N–H and O–H groups in total. The first-order valence-corrected chi connectivity index (χ1v) is 6.69. The van der Waals surface area contributed by atoms with E-state index in [1.165, 1.54) is 12.1 Å². The van der Waals surface area contributed by atoms with Crippen LogP contribution in [0.4, 0.5) is 15.8 Å². The van der Waals surface area contributed by atoms with Crippen molar-refractivity contribution in [3.05, 3.63) is 67.9 Å². The molecule has 0 amide bonds. The van der Waals surface area contributed by atoms with Crippen LogP contribution in [-0.4, -0.2) is 4.92 Å². The average Bonchev–Trinajstić information content (AvgIpc) is 2.41. The molecule has 20 heavy (non-hydrogen) atoms. The van der Waals surface area contributed by atoms with E-state index in [4.69, 9.17) is 0 Å². The van der Waals surface area contributed by atoms with Crippen LogP contribution in [0.2, 0.25) is 0 Å². The van der Waals surface area contributed by atoms with E-state index < -0.39 is 10.7 Å². The molecular formula is C14H12BrFN2O2. The smallest absolute Gasteiger partial charge is 0.272 e. The number of halogens is 2. The van der Waals surface area contributed by atoms with Crippen molar-refractivity contribution in [2.24, 2.45) is 0 Å². The molecule has 0 aliphatic carbocycles. The lowest BCUT2D eigenvalue weighted by Crippen LogP contribution is -2.02. The van der Waals surface area contributed by atoms with Gasteiger partial charge in [-0.25, -0.2) is 4.39 Å². The molecule has 0 aliphatic heterocycles. The molecule has 0 radical (unpaired) electrons. The summed E-state index contributed by atoms with van der Waals surface area (Å²) in [4.78, 5) is 9.91. The van der Waals surface area contributed by atoms with Crippen LogP contribution in [-0.2, 0) is 6.54 Å². The van der Waals surface area contributed by atoms with Gasteiger partial charge in [-0.2, -0.15) is 0 Å². The summed E-state index contributed by atoms with van der Waals surface area (Å²) in [7, 11) is 0. The first-order chi connectivity index (χ1) is 9.47. The van der Waals surface area contributed by atoms with Crippen LogP contribution in [0, 0.1) is 22.9 Å². The quantitative estimate of drug-likeness (QED) is 0.663. The van der Waals surface area contributed by atoms with Crippen LogP contribution in [0.1, 0.15) is 11.1 Å². The zero-order valence-corrected chi connectivity index (χ0v) is 12.3. The van der Waals surface area contributed by atoms with Gasteiger partial charge < -0.3 is 5.32 Å². The fraction of sp³-hybridized carbons (Fsp3) is 0.143. The zero-order chi connectivity index (χ0) is 14.7. The van der Waals surface area contributed by atoms with Crippen LogP contribution in [0.5, 0.6) is 0 Å². The number of aryl methyl sites for hydroxylation is 1. The Morgan fingerprint density at radius 1 is 1.30 bits per heavy atom. The molecule has 104 valence electrons. The second-order valence-corrected chi connectivity index (χ2v) is 5.21. The van der Waals surface area contributed by atoms with E-state index >= 15 is 0 Å². The van der Waals surface area contributed by atoms with Crippen molar-refractivity contribution >= 4 is 27.3 Å². The summed E-state index contributed by atoms with van der Waals surface area (Å²) in [6.45, 7) is 2.42. The van der Waals surface area contributed by atoms with Crippen molar-refractivity contribution < 1.29 is 9.31 Å². The number of anilines is 1. The van der Waals surface area contributed by atoms with Gasteiger partial charge in [0.25, 0.3) is 5.69 Å². The molecule has 0 aromatic heterocycles. The zero-order valence-electron chi connectivity index (χ0n) is 10.7. The highest BCUT2D eigenvalue weighted by molar-refractivity contribution is 9.10. The van der Waals surface area contributed by atoms with Gasteiger partial charge in [0.2, 0.25) is 0 Å². The normalized spacial score (nSPS) is 10.3. The molecule has 0 bridgehead atoms. The van der Waals surface area contributed by atoms with Crippen molar-refractivity contribution in [3.63, 3.8) is 0 Å². The monoisotopic (exact) mass is 338 g/mol. The highest BCUT2D eigenvalue weighted by atomic mass is 79.9. The lowest BCUT2D eigenvalue weighted by Gasteiger charge is -2.08. The molecule has 2 rings (SSSR count). The molecule has 2 aromatic carbocycles. The molecule has 0 unspecified atom stereocenters. The Morgan fingerprint density at radius 3 is 2.65 bits per heavy atom. The number of nitrogens with one attached hydrogen (secondary N) is 1.